The summed E-state index contributed by atoms with van der Waals surface area (Å²) < 4.78 is 25.4. The van der Waals surface area contributed by atoms with E-state index in [0.29, 0.717) is 25.8 Å². The summed E-state index contributed by atoms with van der Waals surface area (Å²) in [5.74, 6) is -1.01. The fraction of sp³-hybridized carbons (Fsp3) is 0.900. The van der Waals surface area contributed by atoms with Gasteiger partial charge in [0.1, 0.15) is 6.04 Å². The number of hydrogen-bond donors (Lipinski definition) is 1. The molecule has 16 heavy (non-hydrogen) atoms. The Kier molecular flexibility index (Phi) is 3.21. The first-order chi connectivity index (χ1) is 7.53. The maximum atomic E-state index is 12.1. The average molecular weight is 247 g/mol. The lowest BCUT2D eigenvalue weighted by Gasteiger charge is -2.25. The normalized spacial score (nSPS) is 28.6. The standard InChI is InChI=1S/C10H17NO4S/c12-10(13)9-4-2-1-3-7-11(9)16(14,15)8-5-6-8/h8-9H,1-7H2,(H,12,13). The number of hydrogen-bond acceptors (Lipinski definition) is 3. The minimum atomic E-state index is -3.35. The molecule has 1 unspecified atom stereocenters. The molecule has 2 aliphatic rings. The lowest BCUT2D eigenvalue weighted by atomic mass is 10.1. The van der Waals surface area contributed by atoms with E-state index in [4.69, 9.17) is 5.11 Å². The molecule has 5 nitrogen and oxygen atoms in total. The molecule has 0 bridgehead atoms. The second kappa shape index (κ2) is 4.33. The van der Waals surface area contributed by atoms with Crippen molar-refractivity contribution in [2.24, 2.45) is 0 Å². The first kappa shape index (κ1) is 11.9. The summed E-state index contributed by atoms with van der Waals surface area (Å²) in [5.41, 5.74) is 0. The highest BCUT2D eigenvalue weighted by Gasteiger charge is 2.44. The maximum absolute atomic E-state index is 12.1. The molecule has 1 saturated carbocycles. The van der Waals surface area contributed by atoms with Gasteiger partial charge in [-0.15, -0.1) is 0 Å². The predicted octanol–water partition coefficient (Wildman–Crippen LogP) is 0.808. The minimum absolute atomic E-state index is 0.313. The Hall–Kier alpha value is -0.620. The summed E-state index contributed by atoms with van der Waals surface area (Å²) in [6, 6.07) is -0.840. The van der Waals surface area contributed by atoms with Crippen LogP contribution in [0.4, 0.5) is 0 Å². The Morgan fingerprint density at radius 1 is 1.12 bits per heavy atom. The van der Waals surface area contributed by atoms with Crippen molar-refractivity contribution in [3.05, 3.63) is 0 Å². The van der Waals surface area contributed by atoms with Gasteiger partial charge >= 0.3 is 5.97 Å². The summed E-state index contributed by atoms with van der Waals surface area (Å²) in [7, 11) is -3.35. The molecule has 2 fully saturated rings. The minimum Gasteiger partial charge on any atom is -0.480 e. The zero-order chi connectivity index (χ0) is 11.8. The van der Waals surface area contributed by atoms with E-state index in [1.807, 2.05) is 0 Å². The van der Waals surface area contributed by atoms with Crippen molar-refractivity contribution >= 4 is 16.0 Å². The molecule has 92 valence electrons. The van der Waals surface area contributed by atoms with Crippen LogP contribution in [0.15, 0.2) is 0 Å². The zero-order valence-electron chi connectivity index (χ0n) is 9.13. The van der Waals surface area contributed by atoms with Crippen molar-refractivity contribution in [2.75, 3.05) is 6.54 Å². The van der Waals surface area contributed by atoms with Crippen LogP contribution in [0.1, 0.15) is 38.5 Å². The van der Waals surface area contributed by atoms with E-state index in [9.17, 15) is 13.2 Å². The number of sulfonamides is 1. The first-order valence-corrected chi connectivity index (χ1v) is 7.27. The Morgan fingerprint density at radius 2 is 1.81 bits per heavy atom. The Morgan fingerprint density at radius 3 is 2.38 bits per heavy atom. The number of rotatable bonds is 3. The molecule has 0 radical (unpaired) electrons. The van der Waals surface area contributed by atoms with Crippen LogP contribution in [0.2, 0.25) is 0 Å². The predicted molar refractivity (Wildman–Crippen MR) is 58.5 cm³/mol. The smallest absolute Gasteiger partial charge is 0.322 e. The van der Waals surface area contributed by atoms with Gasteiger partial charge in [0.2, 0.25) is 10.0 Å². The third-order valence-corrected chi connectivity index (χ3v) is 5.67. The average Bonchev–Trinajstić information content (AvgIpc) is 3.04. The molecule has 1 N–H and O–H groups in total. The molecule has 0 aromatic heterocycles. The summed E-state index contributed by atoms with van der Waals surface area (Å²) >= 11 is 0. The van der Waals surface area contributed by atoms with Crippen molar-refractivity contribution in [1.29, 1.82) is 0 Å². The topological polar surface area (TPSA) is 74.7 Å². The molecule has 0 amide bonds. The van der Waals surface area contributed by atoms with Crippen molar-refractivity contribution in [3.8, 4) is 0 Å². The van der Waals surface area contributed by atoms with Gasteiger partial charge in [0.15, 0.2) is 0 Å². The van der Waals surface area contributed by atoms with E-state index < -0.39 is 22.0 Å². The number of carbonyl (C=O) groups is 1. The number of nitrogens with zero attached hydrogens (tertiary/aromatic N) is 1. The first-order valence-electron chi connectivity index (χ1n) is 5.77. The van der Waals surface area contributed by atoms with Crippen LogP contribution in [0.25, 0.3) is 0 Å². The second-order valence-corrected chi connectivity index (χ2v) is 6.72. The molecule has 2 rings (SSSR count). The van der Waals surface area contributed by atoms with E-state index in [1.165, 1.54) is 4.31 Å². The van der Waals surface area contributed by atoms with Gasteiger partial charge in [0, 0.05) is 6.54 Å². The van der Waals surface area contributed by atoms with Crippen LogP contribution in [-0.2, 0) is 14.8 Å². The maximum Gasteiger partial charge on any atom is 0.322 e. The molecule has 0 spiro atoms. The molecule has 1 aliphatic carbocycles. The third-order valence-electron chi connectivity index (χ3n) is 3.26. The largest absolute Gasteiger partial charge is 0.480 e. The summed E-state index contributed by atoms with van der Waals surface area (Å²) in [5, 5.41) is 8.78. The van der Waals surface area contributed by atoms with E-state index in [0.717, 1.165) is 19.3 Å². The molecule has 1 atom stereocenters. The summed E-state index contributed by atoms with van der Waals surface area (Å²) in [4.78, 5) is 11.1. The molecular formula is C10H17NO4S. The monoisotopic (exact) mass is 247 g/mol. The van der Waals surface area contributed by atoms with Crippen LogP contribution >= 0.6 is 0 Å². The van der Waals surface area contributed by atoms with Crippen molar-refractivity contribution < 1.29 is 18.3 Å². The lowest BCUT2D eigenvalue weighted by molar-refractivity contribution is -0.141. The highest BCUT2D eigenvalue weighted by Crippen LogP contribution is 2.33. The Balaban J connectivity index is 2.23. The third kappa shape index (κ3) is 2.22. The summed E-state index contributed by atoms with van der Waals surface area (Å²) in [6.45, 7) is 0.371. The van der Waals surface area contributed by atoms with Crippen molar-refractivity contribution in [1.82, 2.24) is 4.31 Å². The van der Waals surface area contributed by atoms with Crippen LogP contribution in [0.3, 0.4) is 0 Å². The van der Waals surface area contributed by atoms with Crippen LogP contribution in [-0.4, -0.2) is 41.6 Å². The SMILES string of the molecule is O=C(O)C1CCCCCN1S(=O)(=O)C1CC1. The van der Waals surface area contributed by atoms with Crippen LogP contribution < -0.4 is 0 Å². The highest BCUT2D eigenvalue weighted by molar-refractivity contribution is 7.90. The van der Waals surface area contributed by atoms with E-state index in [1.54, 1.807) is 0 Å². The van der Waals surface area contributed by atoms with Gasteiger partial charge in [0.25, 0.3) is 0 Å². The van der Waals surface area contributed by atoms with E-state index >= 15 is 0 Å². The molecule has 1 heterocycles. The quantitative estimate of drug-likeness (QED) is 0.800. The number of carboxylic acid groups (broad SMARTS) is 1. The molecule has 6 heteroatoms. The van der Waals surface area contributed by atoms with Gasteiger partial charge in [-0.05, 0) is 25.7 Å². The molecule has 0 aromatic carbocycles. The fourth-order valence-corrected chi connectivity index (χ4v) is 4.24. The summed E-state index contributed by atoms with van der Waals surface area (Å²) in [6.07, 6.45) is 4.31. The zero-order valence-corrected chi connectivity index (χ0v) is 9.95. The van der Waals surface area contributed by atoms with Gasteiger partial charge in [0.05, 0.1) is 5.25 Å². The Bertz CT molecular complexity index is 374. The van der Waals surface area contributed by atoms with Crippen molar-refractivity contribution in [3.63, 3.8) is 0 Å². The number of carboxylic acids is 1. The second-order valence-electron chi connectivity index (χ2n) is 4.56. The molecule has 0 aromatic rings. The molecule has 1 aliphatic heterocycles. The fourth-order valence-electron chi connectivity index (χ4n) is 2.19. The number of aliphatic carboxylic acids is 1. The van der Waals surface area contributed by atoms with Gasteiger partial charge < -0.3 is 5.11 Å². The van der Waals surface area contributed by atoms with Gasteiger partial charge in [-0.3, -0.25) is 4.79 Å². The van der Waals surface area contributed by atoms with Crippen LogP contribution in [0.5, 0.6) is 0 Å². The van der Waals surface area contributed by atoms with Gasteiger partial charge in [-0.1, -0.05) is 12.8 Å². The van der Waals surface area contributed by atoms with Crippen molar-refractivity contribution in [2.45, 2.75) is 49.8 Å². The van der Waals surface area contributed by atoms with E-state index in [2.05, 4.69) is 0 Å². The molecule has 1 saturated heterocycles. The highest BCUT2D eigenvalue weighted by atomic mass is 32.2. The van der Waals surface area contributed by atoms with E-state index in [-0.39, 0.29) is 5.25 Å². The Labute approximate surface area is 95.5 Å². The van der Waals surface area contributed by atoms with Crippen LogP contribution in [0, 0.1) is 0 Å². The lowest BCUT2D eigenvalue weighted by Crippen LogP contribution is -2.45. The van der Waals surface area contributed by atoms with Gasteiger partial charge in [-0.25, -0.2) is 8.42 Å². The van der Waals surface area contributed by atoms with Gasteiger partial charge in [-0.2, -0.15) is 4.31 Å². The molecular weight excluding hydrogens is 230 g/mol.